The Balaban J connectivity index is 2.48. The maximum absolute atomic E-state index is 14.3. The number of hydrogen-bond acceptors (Lipinski definition) is 5. The van der Waals surface area contributed by atoms with E-state index in [-0.39, 0.29) is 13.0 Å². The summed E-state index contributed by atoms with van der Waals surface area (Å²) in [6, 6.07) is 1.23. The minimum Gasteiger partial charge on any atom is -0.506 e. The molecular formula is C16H16F3NO4. The highest BCUT2D eigenvalue weighted by molar-refractivity contribution is 6.15. The molecule has 2 atom stereocenters. The van der Waals surface area contributed by atoms with Crippen LogP contribution in [0.4, 0.5) is 13.2 Å². The minimum absolute atomic E-state index is 0.00778. The van der Waals surface area contributed by atoms with Crippen molar-refractivity contribution in [3.8, 4) is 5.75 Å². The van der Waals surface area contributed by atoms with Crippen LogP contribution < -0.4 is 4.74 Å². The van der Waals surface area contributed by atoms with Crippen molar-refractivity contribution in [3.05, 3.63) is 34.9 Å². The molecule has 24 heavy (non-hydrogen) atoms. The van der Waals surface area contributed by atoms with Crippen molar-refractivity contribution < 1.29 is 32.5 Å². The van der Waals surface area contributed by atoms with Gasteiger partial charge in [0.15, 0.2) is 17.4 Å². The van der Waals surface area contributed by atoms with E-state index in [0.717, 1.165) is 25.5 Å². The third-order valence-corrected chi connectivity index (χ3v) is 3.33. The molecule has 2 rings (SSSR count). The maximum Gasteiger partial charge on any atom is 0.343 e. The Labute approximate surface area is 136 Å². The fraction of sp³-hybridized carbons (Fsp3) is 0.375. The molecule has 0 radical (unpaired) electrons. The van der Waals surface area contributed by atoms with Crippen LogP contribution in [0.5, 0.6) is 5.75 Å². The van der Waals surface area contributed by atoms with Gasteiger partial charge in [-0.15, -0.1) is 0 Å². The smallest absolute Gasteiger partial charge is 0.343 e. The van der Waals surface area contributed by atoms with Crippen LogP contribution >= 0.6 is 0 Å². The minimum atomic E-state index is -1.18. The van der Waals surface area contributed by atoms with E-state index in [9.17, 15) is 23.1 Å². The second-order valence-electron chi connectivity index (χ2n) is 5.02. The highest BCUT2D eigenvalue weighted by Gasteiger charge is 2.37. The number of aliphatic hydroxyl groups is 1. The van der Waals surface area contributed by atoms with Gasteiger partial charge in [-0.1, -0.05) is 0 Å². The molecule has 1 N–H and O–H groups in total. The van der Waals surface area contributed by atoms with Gasteiger partial charge in [0, 0.05) is 12.6 Å². The van der Waals surface area contributed by atoms with Gasteiger partial charge < -0.3 is 14.6 Å². The first-order chi connectivity index (χ1) is 11.4. The number of carbonyl (C=O) groups is 1. The number of alkyl halides is 1. The Morgan fingerprint density at radius 1 is 1.46 bits per heavy atom. The Morgan fingerprint density at radius 2 is 2.12 bits per heavy atom. The predicted molar refractivity (Wildman–Crippen MR) is 80.9 cm³/mol. The number of nitrogens with zero attached hydrogens (tertiary/aromatic N) is 1. The van der Waals surface area contributed by atoms with Crippen molar-refractivity contribution in [2.24, 2.45) is 4.99 Å². The fourth-order valence-corrected chi connectivity index (χ4v) is 1.94. The van der Waals surface area contributed by atoms with Crippen LogP contribution in [0.3, 0.4) is 0 Å². The molecule has 1 fully saturated rings. The zero-order valence-electron chi connectivity index (χ0n) is 13.1. The van der Waals surface area contributed by atoms with Crippen LogP contribution in [-0.2, 0) is 9.53 Å². The van der Waals surface area contributed by atoms with Gasteiger partial charge in [0.05, 0.1) is 25.3 Å². The lowest BCUT2D eigenvalue weighted by Crippen LogP contribution is -2.12. The summed E-state index contributed by atoms with van der Waals surface area (Å²) in [4.78, 5) is 15.8. The molecule has 8 heteroatoms. The molecule has 0 saturated heterocycles. The molecule has 0 heterocycles. The van der Waals surface area contributed by atoms with Gasteiger partial charge in [-0.05, 0) is 19.1 Å². The summed E-state index contributed by atoms with van der Waals surface area (Å²) in [6.45, 7) is 1.55. The number of rotatable bonds is 6. The lowest BCUT2D eigenvalue weighted by molar-refractivity contribution is -0.137. The van der Waals surface area contributed by atoms with E-state index in [0.29, 0.717) is 0 Å². The van der Waals surface area contributed by atoms with Crippen LogP contribution in [0.25, 0.3) is 5.76 Å². The zero-order valence-corrected chi connectivity index (χ0v) is 13.1. The van der Waals surface area contributed by atoms with Crippen LogP contribution in [-0.4, -0.2) is 43.2 Å². The predicted octanol–water partition coefficient (Wildman–Crippen LogP) is 2.99. The van der Waals surface area contributed by atoms with Gasteiger partial charge in [0.25, 0.3) is 0 Å². The number of aliphatic imine (C=N–C) groups is 1. The Hall–Kier alpha value is -2.51. The summed E-state index contributed by atoms with van der Waals surface area (Å²) in [5, 5.41) is 10.2. The number of carbonyl (C=O) groups excluding carboxylic acids is 1. The van der Waals surface area contributed by atoms with Crippen LogP contribution in [0.15, 0.2) is 22.7 Å². The molecule has 1 saturated carbocycles. The highest BCUT2D eigenvalue weighted by Crippen LogP contribution is 2.31. The van der Waals surface area contributed by atoms with E-state index in [1.165, 1.54) is 0 Å². The molecule has 130 valence electrons. The SMILES string of the molecule is CCOC(=O)C(C=N[C@@H]1C[C@@H]1F)=C(O)c1ccc(F)c(OC)c1F. The second kappa shape index (κ2) is 7.37. The lowest BCUT2D eigenvalue weighted by atomic mass is 10.1. The molecule has 1 aromatic carbocycles. The van der Waals surface area contributed by atoms with E-state index >= 15 is 0 Å². The lowest BCUT2D eigenvalue weighted by Gasteiger charge is -2.10. The van der Waals surface area contributed by atoms with Crippen molar-refractivity contribution in [1.82, 2.24) is 0 Å². The van der Waals surface area contributed by atoms with Crippen molar-refractivity contribution in [3.63, 3.8) is 0 Å². The Bertz CT molecular complexity index is 703. The number of halogens is 3. The van der Waals surface area contributed by atoms with Crippen molar-refractivity contribution in [2.45, 2.75) is 25.6 Å². The first-order valence-corrected chi connectivity index (χ1v) is 7.20. The van der Waals surface area contributed by atoms with Gasteiger partial charge in [-0.25, -0.2) is 18.0 Å². The van der Waals surface area contributed by atoms with Crippen molar-refractivity contribution >= 4 is 17.9 Å². The number of methoxy groups -OCH3 is 1. The monoisotopic (exact) mass is 343 g/mol. The van der Waals surface area contributed by atoms with Gasteiger partial charge in [0.1, 0.15) is 17.5 Å². The van der Waals surface area contributed by atoms with Crippen LogP contribution in [0.1, 0.15) is 18.9 Å². The standard InChI is InChI=1S/C16H16F3NO4/c1-3-24-16(22)9(7-20-12-6-11(12)18)14(21)8-4-5-10(17)15(23-2)13(8)19/h4-5,7,11-12,21H,3,6H2,1-2H3/t11-,12+/m0/s1. The zero-order chi connectivity index (χ0) is 17.9. The quantitative estimate of drug-likeness (QED) is 0.373. The van der Waals surface area contributed by atoms with Gasteiger partial charge in [-0.2, -0.15) is 0 Å². The topological polar surface area (TPSA) is 68.1 Å². The molecular weight excluding hydrogens is 327 g/mol. The van der Waals surface area contributed by atoms with Crippen molar-refractivity contribution in [1.29, 1.82) is 0 Å². The summed E-state index contributed by atoms with van der Waals surface area (Å²) in [6.07, 6.45) is 0.0494. The summed E-state index contributed by atoms with van der Waals surface area (Å²) < 4.78 is 50.0. The Morgan fingerprint density at radius 3 is 2.67 bits per heavy atom. The number of ether oxygens (including phenoxy) is 2. The molecule has 0 spiro atoms. The van der Waals surface area contributed by atoms with Gasteiger partial charge in [-0.3, -0.25) is 4.99 Å². The van der Waals surface area contributed by atoms with E-state index in [1.54, 1.807) is 6.92 Å². The Kier molecular flexibility index (Phi) is 5.48. The number of benzene rings is 1. The molecule has 0 aromatic heterocycles. The van der Waals surface area contributed by atoms with E-state index in [4.69, 9.17) is 4.74 Å². The molecule has 0 amide bonds. The molecule has 0 bridgehead atoms. The van der Waals surface area contributed by atoms with E-state index in [1.807, 2.05) is 0 Å². The van der Waals surface area contributed by atoms with Crippen LogP contribution in [0, 0.1) is 11.6 Å². The number of aliphatic hydroxyl groups excluding tert-OH is 1. The first kappa shape index (κ1) is 17.8. The molecule has 1 aromatic rings. The van der Waals surface area contributed by atoms with Crippen LogP contribution in [0.2, 0.25) is 0 Å². The fourth-order valence-electron chi connectivity index (χ4n) is 1.94. The molecule has 0 aliphatic heterocycles. The number of hydrogen-bond donors (Lipinski definition) is 1. The molecule has 1 aliphatic rings. The van der Waals surface area contributed by atoms with Gasteiger partial charge >= 0.3 is 5.97 Å². The molecule has 0 unspecified atom stereocenters. The first-order valence-electron chi connectivity index (χ1n) is 7.20. The maximum atomic E-state index is 14.3. The average molecular weight is 343 g/mol. The molecule has 5 nitrogen and oxygen atoms in total. The van der Waals surface area contributed by atoms with E-state index in [2.05, 4.69) is 9.73 Å². The summed E-state index contributed by atoms with van der Waals surface area (Å²) in [5.74, 6) is -4.61. The van der Waals surface area contributed by atoms with Gasteiger partial charge in [0.2, 0.25) is 0 Å². The highest BCUT2D eigenvalue weighted by atomic mass is 19.1. The second-order valence-corrected chi connectivity index (χ2v) is 5.02. The van der Waals surface area contributed by atoms with Crippen molar-refractivity contribution in [2.75, 3.05) is 13.7 Å². The summed E-state index contributed by atoms with van der Waals surface area (Å²) in [5.41, 5.74) is -0.918. The number of esters is 1. The third-order valence-electron chi connectivity index (χ3n) is 3.33. The van der Waals surface area contributed by atoms with E-state index < -0.39 is 52.5 Å². The molecule has 1 aliphatic carbocycles. The average Bonchev–Trinajstić information content (AvgIpc) is 3.23. The summed E-state index contributed by atoms with van der Waals surface area (Å²) in [7, 11) is 1.06. The normalized spacial score (nSPS) is 20.7. The largest absolute Gasteiger partial charge is 0.506 e. The third kappa shape index (κ3) is 3.69. The summed E-state index contributed by atoms with van der Waals surface area (Å²) >= 11 is 0.